The first-order chi connectivity index (χ1) is 6.92. The van der Waals surface area contributed by atoms with E-state index in [4.69, 9.17) is 0 Å². The van der Waals surface area contributed by atoms with Crippen LogP contribution >= 0.6 is 0 Å². The van der Waals surface area contributed by atoms with Gasteiger partial charge in [-0.15, -0.1) is 0 Å². The van der Waals surface area contributed by atoms with Crippen LogP contribution in [0.25, 0.3) is 0 Å². The average Bonchev–Trinajstić information content (AvgIpc) is 2.67. The molecule has 1 aliphatic heterocycles. The Labute approximate surface area is 85.5 Å². The SMILES string of the molecule is CCCNCC1CCCn2cncc21. The molecular formula is C11H19N3. The Morgan fingerprint density at radius 3 is 3.43 bits per heavy atom. The van der Waals surface area contributed by atoms with Crippen molar-refractivity contribution in [2.24, 2.45) is 0 Å². The molecule has 1 unspecified atom stereocenters. The van der Waals surface area contributed by atoms with E-state index in [0.717, 1.165) is 19.6 Å². The molecule has 2 rings (SSSR count). The van der Waals surface area contributed by atoms with E-state index >= 15 is 0 Å². The second kappa shape index (κ2) is 4.60. The van der Waals surface area contributed by atoms with E-state index in [2.05, 4.69) is 21.8 Å². The van der Waals surface area contributed by atoms with Crippen LogP contribution in [-0.2, 0) is 6.54 Å². The van der Waals surface area contributed by atoms with Crippen LogP contribution in [0.2, 0.25) is 0 Å². The van der Waals surface area contributed by atoms with Gasteiger partial charge >= 0.3 is 0 Å². The highest BCUT2D eigenvalue weighted by atomic mass is 15.1. The summed E-state index contributed by atoms with van der Waals surface area (Å²) in [6.45, 7) is 5.60. The van der Waals surface area contributed by atoms with Crippen molar-refractivity contribution in [1.82, 2.24) is 14.9 Å². The topological polar surface area (TPSA) is 29.9 Å². The van der Waals surface area contributed by atoms with Crippen molar-refractivity contribution in [2.75, 3.05) is 13.1 Å². The molecule has 0 amide bonds. The van der Waals surface area contributed by atoms with Crippen LogP contribution < -0.4 is 5.32 Å². The zero-order valence-corrected chi connectivity index (χ0v) is 8.87. The van der Waals surface area contributed by atoms with Crippen molar-refractivity contribution in [3.05, 3.63) is 18.2 Å². The van der Waals surface area contributed by atoms with Crippen LogP contribution in [0.15, 0.2) is 12.5 Å². The minimum absolute atomic E-state index is 0.679. The molecule has 0 bridgehead atoms. The monoisotopic (exact) mass is 193 g/mol. The van der Waals surface area contributed by atoms with Crippen LogP contribution in [0, 0.1) is 0 Å². The number of hydrogen-bond acceptors (Lipinski definition) is 2. The van der Waals surface area contributed by atoms with Gasteiger partial charge in [0, 0.05) is 30.9 Å². The third-order valence-electron chi connectivity index (χ3n) is 2.93. The minimum Gasteiger partial charge on any atom is -0.334 e. The summed E-state index contributed by atoms with van der Waals surface area (Å²) in [6, 6.07) is 0. The highest BCUT2D eigenvalue weighted by molar-refractivity contribution is 5.09. The molecular weight excluding hydrogens is 174 g/mol. The smallest absolute Gasteiger partial charge is 0.0948 e. The Hall–Kier alpha value is -0.830. The van der Waals surface area contributed by atoms with Gasteiger partial charge in [0.2, 0.25) is 0 Å². The predicted molar refractivity (Wildman–Crippen MR) is 57.4 cm³/mol. The first-order valence-electron chi connectivity index (χ1n) is 5.62. The van der Waals surface area contributed by atoms with E-state index in [1.54, 1.807) is 0 Å². The Morgan fingerprint density at radius 1 is 1.64 bits per heavy atom. The molecule has 2 heterocycles. The molecule has 14 heavy (non-hydrogen) atoms. The number of imidazole rings is 1. The second-order valence-electron chi connectivity index (χ2n) is 4.06. The van der Waals surface area contributed by atoms with Gasteiger partial charge in [-0.2, -0.15) is 0 Å². The summed E-state index contributed by atoms with van der Waals surface area (Å²) in [7, 11) is 0. The molecule has 0 fully saturated rings. The fraction of sp³-hybridized carbons (Fsp3) is 0.727. The molecule has 1 atom stereocenters. The largest absolute Gasteiger partial charge is 0.334 e. The molecule has 1 aromatic heterocycles. The van der Waals surface area contributed by atoms with Gasteiger partial charge < -0.3 is 9.88 Å². The Bertz CT molecular complexity index is 280. The molecule has 3 nitrogen and oxygen atoms in total. The maximum absolute atomic E-state index is 4.22. The number of nitrogens with zero attached hydrogens (tertiary/aromatic N) is 2. The number of nitrogens with one attached hydrogen (secondary N) is 1. The molecule has 0 saturated carbocycles. The van der Waals surface area contributed by atoms with Crippen LogP contribution in [0.3, 0.4) is 0 Å². The van der Waals surface area contributed by atoms with Gasteiger partial charge in [0.15, 0.2) is 0 Å². The van der Waals surface area contributed by atoms with Gasteiger partial charge in [0.25, 0.3) is 0 Å². The molecule has 0 spiro atoms. The Morgan fingerprint density at radius 2 is 2.57 bits per heavy atom. The van der Waals surface area contributed by atoms with Crippen molar-refractivity contribution >= 4 is 0 Å². The number of aryl methyl sites for hydroxylation is 1. The number of rotatable bonds is 4. The molecule has 0 aromatic carbocycles. The van der Waals surface area contributed by atoms with Gasteiger partial charge in [-0.05, 0) is 25.8 Å². The van der Waals surface area contributed by atoms with Crippen molar-refractivity contribution in [3.63, 3.8) is 0 Å². The molecule has 0 saturated heterocycles. The Kier molecular flexibility index (Phi) is 3.19. The minimum atomic E-state index is 0.679. The molecule has 1 aromatic rings. The van der Waals surface area contributed by atoms with E-state index in [1.165, 1.54) is 25.0 Å². The molecule has 1 aliphatic rings. The molecule has 78 valence electrons. The highest BCUT2D eigenvalue weighted by Crippen LogP contribution is 2.25. The van der Waals surface area contributed by atoms with E-state index in [0.29, 0.717) is 5.92 Å². The zero-order chi connectivity index (χ0) is 9.80. The van der Waals surface area contributed by atoms with E-state index in [9.17, 15) is 0 Å². The van der Waals surface area contributed by atoms with Crippen molar-refractivity contribution in [3.8, 4) is 0 Å². The third kappa shape index (κ3) is 1.98. The standard InChI is InChI=1S/C11H19N3/c1-2-5-12-7-10-4-3-6-14-9-13-8-11(10)14/h8-10,12H,2-7H2,1H3. The number of hydrogen-bond donors (Lipinski definition) is 1. The van der Waals surface area contributed by atoms with Gasteiger partial charge in [0.05, 0.1) is 6.33 Å². The molecule has 1 N–H and O–H groups in total. The fourth-order valence-electron chi connectivity index (χ4n) is 2.17. The summed E-state index contributed by atoms with van der Waals surface area (Å²) >= 11 is 0. The summed E-state index contributed by atoms with van der Waals surface area (Å²) in [5, 5.41) is 3.49. The summed E-state index contributed by atoms with van der Waals surface area (Å²) in [4.78, 5) is 4.22. The van der Waals surface area contributed by atoms with Crippen molar-refractivity contribution in [1.29, 1.82) is 0 Å². The van der Waals surface area contributed by atoms with Crippen molar-refractivity contribution in [2.45, 2.75) is 38.6 Å². The van der Waals surface area contributed by atoms with Gasteiger partial charge in [-0.1, -0.05) is 6.92 Å². The predicted octanol–water partition coefficient (Wildman–Crippen LogP) is 1.76. The fourth-order valence-corrected chi connectivity index (χ4v) is 2.17. The summed E-state index contributed by atoms with van der Waals surface area (Å²) in [6.07, 6.45) is 7.80. The summed E-state index contributed by atoms with van der Waals surface area (Å²) in [5.74, 6) is 0.679. The maximum atomic E-state index is 4.22. The first-order valence-corrected chi connectivity index (χ1v) is 5.62. The first kappa shape index (κ1) is 9.71. The third-order valence-corrected chi connectivity index (χ3v) is 2.93. The summed E-state index contributed by atoms with van der Waals surface area (Å²) in [5.41, 5.74) is 1.42. The van der Waals surface area contributed by atoms with Crippen molar-refractivity contribution < 1.29 is 0 Å². The lowest BCUT2D eigenvalue weighted by atomic mass is 9.96. The highest BCUT2D eigenvalue weighted by Gasteiger charge is 2.19. The van der Waals surface area contributed by atoms with Crippen LogP contribution in [0.4, 0.5) is 0 Å². The van der Waals surface area contributed by atoms with Crippen LogP contribution in [-0.4, -0.2) is 22.6 Å². The molecule has 3 heteroatoms. The number of aromatic nitrogens is 2. The van der Waals surface area contributed by atoms with Gasteiger partial charge in [-0.3, -0.25) is 0 Å². The van der Waals surface area contributed by atoms with E-state index in [1.807, 2.05) is 12.5 Å². The summed E-state index contributed by atoms with van der Waals surface area (Å²) < 4.78 is 2.29. The van der Waals surface area contributed by atoms with Gasteiger partial charge in [-0.25, -0.2) is 4.98 Å². The average molecular weight is 193 g/mol. The lowest BCUT2D eigenvalue weighted by Gasteiger charge is -2.24. The van der Waals surface area contributed by atoms with Crippen LogP contribution in [0.5, 0.6) is 0 Å². The van der Waals surface area contributed by atoms with E-state index in [-0.39, 0.29) is 0 Å². The lowest BCUT2D eigenvalue weighted by Crippen LogP contribution is -2.26. The Balaban J connectivity index is 1.94. The second-order valence-corrected chi connectivity index (χ2v) is 4.06. The molecule has 0 radical (unpaired) electrons. The zero-order valence-electron chi connectivity index (χ0n) is 8.87. The van der Waals surface area contributed by atoms with E-state index < -0.39 is 0 Å². The number of fused-ring (bicyclic) bond motifs is 1. The van der Waals surface area contributed by atoms with Gasteiger partial charge in [0.1, 0.15) is 0 Å². The quantitative estimate of drug-likeness (QED) is 0.738. The maximum Gasteiger partial charge on any atom is 0.0948 e. The van der Waals surface area contributed by atoms with Crippen LogP contribution in [0.1, 0.15) is 37.8 Å². The normalized spacial score (nSPS) is 20.8. The lowest BCUT2D eigenvalue weighted by molar-refractivity contribution is 0.433. The molecule has 0 aliphatic carbocycles.